The largest absolute Gasteiger partial charge is 0.353 e. The third-order valence-electron chi connectivity index (χ3n) is 3.75. The lowest BCUT2D eigenvalue weighted by Crippen LogP contribution is -2.21. The van der Waals surface area contributed by atoms with E-state index in [0.717, 1.165) is 35.6 Å². The first-order valence-corrected chi connectivity index (χ1v) is 7.95. The van der Waals surface area contributed by atoms with Gasteiger partial charge in [0.05, 0.1) is 11.6 Å². The topological polar surface area (TPSA) is 70.9 Å². The predicted octanol–water partition coefficient (Wildman–Crippen LogP) is 2.39. The summed E-state index contributed by atoms with van der Waals surface area (Å²) in [5.41, 5.74) is 3.01. The van der Waals surface area contributed by atoms with Gasteiger partial charge in [-0.15, -0.1) is 0 Å². The third kappa shape index (κ3) is 3.62. The summed E-state index contributed by atoms with van der Waals surface area (Å²) in [6, 6.07) is 8.22. The molecule has 24 heavy (non-hydrogen) atoms. The van der Waals surface area contributed by atoms with E-state index in [4.69, 9.17) is 0 Å². The number of rotatable bonds is 6. The smallest absolute Gasteiger partial charge is 0.226 e. The Kier molecular flexibility index (Phi) is 4.61. The highest BCUT2D eigenvalue weighted by Crippen LogP contribution is 2.24. The summed E-state index contributed by atoms with van der Waals surface area (Å²) in [5.74, 6) is 1.35. The highest BCUT2D eigenvalue weighted by Gasteiger charge is 2.11. The fourth-order valence-electron chi connectivity index (χ4n) is 2.36. The lowest BCUT2D eigenvalue weighted by Gasteiger charge is -2.12. The minimum atomic E-state index is 0.600. The van der Waals surface area contributed by atoms with E-state index in [0.29, 0.717) is 5.95 Å². The van der Waals surface area contributed by atoms with E-state index in [2.05, 4.69) is 49.7 Å². The number of fused-ring (bicyclic) bond motifs is 1. The van der Waals surface area contributed by atoms with Crippen LogP contribution in [-0.2, 0) is 7.05 Å². The molecule has 0 spiro atoms. The van der Waals surface area contributed by atoms with E-state index < -0.39 is 0 Å². The van der Waals surface area contributed by atoms with Gasteiger partial charge in [0.1, 0.15) is 5.82 Å². The first kappa shape index (κ1) is 16.2. The van der Waals surface area contributed by atoms with E-state index >= 15 is 0 Å². The molecular weight excluding hydrogens is 302 g/mol. The predicted molar refractivity (Wildman–Crippen MR) is 97.8 cm³/mol. The third-order valence-corrected chi connectivity index (χ3v) is 3.75. The monoisotopic (exact) mass is 325 g/mol. The number of nitrogens with one attached hydrogen (secondary N) is 2. The van der Waals surface area contributed by atoms with E-state index in [-0.39, 0.29) is 0 Å². The van der Waals surface area contributed by atoms with Crippen molar-refractivity contribution >= 4 is 28.5 Å². The molecule has 7 nitrogen and oxygen atoms in total. The molecule has 0 aliphatic carbocycles. The van der Waals surface area contributed by atoms with Crippen LogP contribution in [0.25, 0.3) is 11.0 Å². The summed E-state index contributed by atoms with van der Waals surface area (Å²) in [6.45, 7) is 3.76. The zero-order valence-corrected chi connectivity index (χ0v) is 14.5. The molecule has 7 heteroatoms. The van der Waals surface area contributed by atoms with Crippen LogP contribution in [0.4, 0.5) is 17.5 Å². The number of aryl methyl sites for hydroxylation is 2. The van der Waals surface area contributed by atoms with Crippen LogP contribution in [0, 0.1) is 6.92 Å². The molecule has 2 heterocycles. The number of aromatic nitrogens is 4. The Hall–Kier alpha value is -2.67. The Morgan fingerprint density at radius 3 is 2.58 bits per heavy atom. The summed E-state index contributed by atoms with van der Waals surface area (Å²) in [4.78, 5) is 11.3. The van der Waals surface area contributed by atoms with Gasteiger partial charge in [0, 0.05) is 25.8 Å². The number of benzene rings is 1. The molecule has 0 saturated carbocycles. The standard InChI is InChI=1S/C17H23N7/c1-12-5-7-13(8-6-12)20-15-14-11-19-24(4)16(14)22-17(21-15)18-9-10-23(2)3/h5-8,11H,9-10H2,1-4H3,(H2,18,20,21,22). The van der Waals surface area contributed by atoms with Crippen LogP contribution in [0.2, 0.25) is 0 Å². The molecule has 0 radical (unpaired) electrons. The lowest BCUT2D eigenvalue weighted by molar-refractivity contribution is 0.425. The molecule has 2 N–H and O–H groups in total. The van der Waals surface area contributed by atoms with Crippen molar-refractivity contribution in [3.8, 4) is 0 Å². The molecule has 0 atom stereocenters. The fraction of sp³-hybridized carbons (Fsp3) is 0.353. The molecule has 0 aliphatic rings. The quantitative estimate of drug-likeness (QED) is 0.725. The normalized spacial score (nSPS) is 11.2. The second-order valence-corrected chi connectivity index (χ2v) is 6.12. The highest BCUT2D eigenvalue weighted by atomic mass is 15.3. The molecule has 3 aromatic rings. The lowest BCUT2D eigenvalue weighted by atomic mass is 10.2. The summed E-state index contributed by atoms with van der Waals surface area (Å²) < 4.78 is 1.76. The molecule has 0 fully saturated rings. The van der Waals surface area contributed by atoms with Gasteiger partial charge in [-0.3, -0.25) is 4.68 Å². The van der Waals surface area contributed by atoms with Crippen molar-refractivity contribution in [2.45, 2.75) is 6.92 Å². The second-order valence-electron chi connectivity index (χ2n) is 6.12. The average molecular weight is 325 g/mol. The molecule has 0 saturated heterocycles. The molecule has 2 aromatic heterocycles. The number of likely N-dealkylation sites (N-methyl/N-ethyl adjacent to an activating group) is 1. The number of nitrogens with zero attached hydrogens (tertiary/aromatic N) is 5. The average Bonchev–Trinajstić information content (AvgIpc) is 2.91. The first-order valence-electron chi connectivity index (χ1n) is 7.95. The van der Waals surface area contributed by atoms with Gasteiger partial charge in [0.2, 0.25) is 5.95 Å². The molecule has 0 unspecified atom stereocenters. The Morgan fingerprint density at radius 1 is 1.12 bits per heavy atom. The van der Waals surface area contributed by atoms with Gasteiger partial charge < -0.3 is 15.5 Å². The summed E-state index contributed by atoms with van der Waals surface area (Å²) in [7, 11) is 5.96. The highest BCUT2D eigenvalue weighted by molar-refractivity contribution is 5.89. The maximum absolute atomic E-state index is 4.62. The molecule has 126 valence electrons. The molecule has 0 bridgehead atoms. The maximum Gasteiger partial charge on any atom is 0.226 e. The van der Waals surface area contributed by atoms with Crippen LogP contribution in [-0.4, -0.2) is 51.8 Å². The maximum atomic E-state index is 4.62. The Morgan fingerprint density at radius 2 is 1.88 bits per heavy atom. The van der Waals surface area contributed by atoms with Crippen molar-refractivity contribution in [3.05, 3.63) is 36.0 Å². The van der Waals surface area contributed by atoms with E-state index in [1.165, 1.54) is 5.56 Å². The van der Waals surface area contributed by atoms with Crippen LogP contribution in [0.3, 0.4) is 0 Å². The SMILES string of the molecule is Cc1ccc(Nc2nc(NCCN(C)C)nc3c2cnn3C)cc1. The zero-order chi connectivity index (χ0) is 17.1. The van der Waals surface area contributed by atoms with Gasteiger partial charge >= 0.3 is 0 Å². The van der Waals surface area contributed by atoms with Crippen LogP contribution in [0.1, 0.15) is 5.56 Å². The zero-order valence-electron chi connectivity index (χ0n) is 14.5. The van der Waals surface area contributed by atoms with Gasteiger partial charge in [-0.25, -0.2) is 0 Å². The Labute approximate surface area is 141 Å². The van der Waals surface area contributed by atoms with Gasteiger partial charge in [-0.05, 0) is 33.2 Å². The van der Waals surface area contributed by atoms with Crippen LogP contribution >= 0.6 is 0 Å². The molecule has 1 aromatic carbocycles. The second kappa shape index (κ2) is 6.84. The fourth-order valence-corrected chi connectivity index (χ4v) is 2.36. The van der Waals surface area contributed by atoms with Crippen molar-refractivity contribution in [1.29, 1.82) is 0 Å². The Bertz CT molecular complexity index is 821. The Balaban J connectivity index is 1.91. The van der Waals surface area contributed by atoms with E-state index in [9.17, 15) is 0 Å². The number of hydrogen-bond donors (Lipinski definition) is 2. The summed E-state index contributed by atoms with van der Waals surface area (Å²) >= 11 is 0. The molecular formula is C17H23N7. The number of hydrogen-bond acceptors (Lipinski definition) is 6. The summed E-state index contributed by atoms with van der Waals surface area (Å²) in [5, 5.41) is 11.8. The summed E-state index contributed by atoms with van der Waals surface area (Å²) in [6.07, 6.45) is 1.79. The van der Waals surface area contributed by atoms with Crippen LogP contribution in [0.5, 0.6) is 0 Å². The minimum Gasteiger partial charge on any atom is -0.353 e. The van der Waals surface area contributed by atoms with E-state index in [1.807, 2.05) is 33.3 Å². The van der Waals surface area contributed by atoms with Gasteiger partial charge in [0.25, 0.3) is 0 Å². The van der Waals surface area contributed by atoms with Gasteiger partial charge in [0.15, 0.2) is 5.65 Å². The van der Waals surface area contributed by atoms with Crippen LogP contribution < -0.4 is 10.6 Å². The van der Waals surface area contributed by atoms with Crippen molar-refractivity contribution in [1.82, 2.24) is 24.6 Å². The number of anilines is 3. The molecule has 3 rings (SSSR count). The van der Waals surface area contributed by atoms with Crippen molar-refractivity contribution in [2.75, 3.05) is 37.8 Å². The van der Waals surface area contributed by atoms with Gasteiger partial charge in [-0.2, -0.15) is 15.1 Å². The molecule has 0 aliphatic heterocycles. The molecule has 0 amide bonds. The van der Waals surface area contributed by atoms with E-state index in [1.54, 1.807) is 10.9 Å². The van der Waals surface area contributed by atoms with Crippen molar-refractivity contribution < 1.29 is 0 Å². The van der Waals surface area contributed by atoms with Crippen LogP contribution in [0.15, 0.2) is 30.5 Å². The van der Waals surface area contributed by atoms with Crippen molar-refractivity contribution in [2.24, 2.45) is 7.05 Å². The minimum absolute atomic E-state index is 0.600. The first-order chi connectivity index (χ1) is 11.5. The van der Waals surface area contributed by atoms with Crippen molar-refractivity contribution in [3.63, 3.8) is 0 Å². The van der Waals surface area contributed by atoms with Gasteiger partial charge in [-0.1, -0.05) is 17.7 Å².